The van der Waals surface area contributed by atoms with Crippen molar-refractivity contribution >= 4 is 8.07 Å². The quantitative estimate of drug-likeness (QED) is 0.212. The Morgan fingerprint density at radius 2 is 1.44 bits per heavy atom. The van der Waals surface area contributed by atoms with E-state index >= 15 is 0 Å². The van der Waals surface area contributed by atoms with Crippen LogP contribution in [0.2, 0.25) is 25.7 Å². The molecular weight excluding hydrogens is 326 g/mol. The van der Waals surface area contributed by atoms with Crippen molar-refractivity contribution in [2.45, 2.75) is 96.5 Å². The molecule has 3 nitrogen and oxygen atoms in total. The van der Waals surface area contributed by atoms with Crippen molar-refractivity contribution in [3.05, 3.63) is 0 Å². The van der Waals surface area contributed by atoms with Crippen LogP contribution in [0.25, 0.3) is 0 Å². The van der Waals surface area contributed by atoms with Gasteiger partial charge in [-0.25, -0.2) is 0 Å². The summed E-state index contributed by atoms with van der Waals surface area (Å²) in [5.41, 5.74) is 0. The molecule has 0 aliphatic rings. The second-order valence-corrected chi connectivity index (χ2v) is 15.3. The van der Waals surface area contributed by atoms with Crippen molar-refractivity contribution in [1.29, 1.82) is 0 Å². The van der Waals surface area contributed by atoms with Crippen LogP contribution in [0.5, 0.6) is 0 Å². The number of ether oxygens (including phenoxy) is 1. The number of aliphatic hydroxyl groups is 1. The zero-order valence-corrected chi connectivity index (χ0v) is 19.3. The van der Waals surface area contributed by atoms with Gasteiger partial charge in [-0.2, -0.15) is 0 Å². The van der Waals surface area contributed by atoms with Crippen molar-refractivity contribution < 1.29 is 14.3 Å². The summed E-state index contributed by atoms with van der Waals surface area (Å²) in [5.74, 6) is 0. The normalized spacial score (nSPS) is 14.0. The van der Waals surface area contributed by atoms with Gasteiger partial charge in [0.2, 0.25) is 0 Å². The van der Waals surface area contributed by atoms with Crippen LogP contribution >= 0.6 is 0 Å². The summed E-state index contributed by atoms with van der Waals surface area (Å²) < 4.78 is 6.59. The molecule has 0 amide bonds. The molecule has 0 heterocycles. The molecule has 0 spiro atoms. The molecule has 0 radical (unpaired) electrons. The largest absolute Gasteiger partial charge is 0.385 e. The van der Waals surface area contributed by atoms with Crippen molar-refractivity contribution in [1.82, 2.24) is 0 Å². The number of unbranched alkanes of at least 4 members (excludes halogenated alkanes) is 7. The third-order valence-electron chi connectivity index (χ3n) is 4.85. The summed E-state index contributed by atoms with van der Waals surface area (Å²) in [4.78, 5) is 0. The number of hydrogen-bond donors (Lipinski definition) is 1. The lowest BCUT2D eigenvalue weighted by Crippen LogP contribution is -2.47. The third kappa shape index (κ3) is 18.7. The Balaban J connectivity index is 3.63. The Bertz CT molecular complexity index is 303. The van der Waals surface area contributed by atoms with E-state index in [1.54, 1.807) is 0 Å². The zero-order chi connectivity index (χ0) is 19.2. The van der Waals surface area contributed by atoms with Crippen molar-refractivity contribution in [2.75, 3.05) is 40.4 Å². The zero-order valence-electron chi connectivity index (χ0n) is 18.3. The fourth-order valence-corrected chi connectivity index (χ4v) is 4.52. The average molecular weight is 375 g/mol. The van der Waals surface area contributed by atoms with Gasteiger partial charge in [0.15, 0.2) is 0 Å². The van der Waals surface area contributed by atoms with Crippen LogP contribution in [0.1, 0.15) is 64.7 Å². The van der Waals surface area contributed by atoms with Gasteiger partial charge in [-0.1, -0.05) is 71.1 Å². The first-order valence-corrected chi connectivity index (χ1v) is 14.4. The molecule has 0 saturated carbocycles. The molecule has 1 atom stereocenters. The van der Waals surface area contributed by atoms with Gasteiger partial charge in [-0.3, -0.25) is 0 Å². The SMILES string of the molecule is CCCCCCCCCC[N+](C)(C)CC(O)COCCC[Si](C)(C)C. The number of likely N-dealkylation sites (N-methyl/N-ethyl adjacent to an activating group) is 1. The minimum absolute atomic E-state index is 0.337. The van der Waals surface area contributed by atoms with Crippen LogP contribution in [0, 0.1) is 0 Å². The molecule has 0 aromatic carbocycles. The van der Waals surface area contributed by atoms with Gasteiger partial charge in [-0.05, 0) is 19.3 Å². The maximum absolute atomic E-state index is 10.2. The maximum Gasteiger partial charge on any atom is 0.126 e. The smallest absolute Gasteiger partial charge is 0.126 e. The fraction of sp³-hybridized carbons (Fsp3) is 1.00. The van der Waals surface area contributed by atoms with E-state index in [1.807, 2.05) is 0 Å². The van der Waals surface area contributed by atoms with E-state index in [0.29, 0.717) is 6.61 Å². The Morgan fingerprint density at radius 1 is 0.880 bits per heavy atom. The molecular formula is C21H48NO2Si+. The molecule has 0 aliphatic heterocycles. The van der Waals surface area contributed by atoms with Crippen LogP contribution in [-0.2, 0) is 4.74 Å². The maximum atomic E-state index is 10.2. The summed E-state index contributed by atoms with van der Waals surface area (Å²) in [6.45, 7) is 12.7. The summed E-state index contributed by atoms with van der Waals surface area (Å²) in [7, 11) is 3.51. The van der Waals surface area contributed by atoms with Crippen LogP contribution in [0.4, 0.5) is 0 Å². The van der Waals surface area contributed by atoms with E-state index in [4.69, 9.17) is 4.74 Å². The van der Waals surface area contributed by atoms with Gasteiger partial charge in [0.25, 0.3) is 0 Å². The molecule has 1 unspecified atom stereocenters. The molecule has 0 saturated heterocycles. The summed E-state index contributed by atoms with van der Waals surface area (Å²) in [6, 6.07) is 1.31. The van der Waals surface area contributed by atoms with Crippen LogP contribution in [0.3, 0.4) is 0 Å². The number of hydrogen-bond acceptors (Lipinski definition) is 2. The highest BCUT2D eigenvalue weighted by Gasteiger charge is 2.20. The molecule has 1 N–H and O–H groups in total. The topological polar surface area (TPSA) is 29.5 Å². The highest BCUT2D eigenvalue weighted by atomic mass is 28.3. The lowest BCUT2D eigenvalue weighted by molar-refractivity contribution is -0.893. The Kier molecular flexibility index (Phi) is 14.2. The highest BCUT2D eigenvalue weighted by molar-refractivity contribution is 6.76. The predicted molar refractivity (Wildman–Crippen MR) is 114 cm³/mol. The summed E-state index contributed by atoms with van der Waals surface area (Å²) in [6.07, 6.45) is 11.7. The fourth-order valence-electron chi connectivity index (χ4n) is 3.31. The first kappa shape index (κ1) is 25.1. The lowest BCUT2D eigenvalue weighted by Gasteiger charge is -2.32. The highest BCUT2D eigenvalue weighted by Crippen LogP contribution is 2.12. The second-order valence-electron chi connectivity index (χ2n) is 9.71. The van der Waals surface area contributed by atoms with Gasteiger partial charge >= 0.3 is 0 Å². The molecule has 0 bridgehead atoms. The van der Waals surface area contributed by atoms with E-state index in [9.17, 15) is 5.11 Å². The first-order valence-electron chi connectivity index (χ1n) is 10.7. The third-order valence-corrected chi connectivity index (χ3v) is 6.70. The standard InChI is InChI=1S/C21H48NO2Si/c1-7-8-9-10-11-12-13-14-16-22(2,3)19-21(23)20-24-17-15-18-25(4,5)6/h21,23H,7-20H2,1-6H3/q+1. The number of quaternary nitrogens is 1. The lowest BCUT2D eigenvalue weighted by atomic mass is 10.1. The van der Waals surface area contributed by atoms with Crippen LogP contribution in [0.15, 0.2) is 0 Å². The number of aliphatic hydroxyl groups excluding tert-OH is 1. The minimum Gasteiger partial charge on any atom is -0.385 e. The summed E-state index contributed by atoms with van der Waals surface area (Å²) in [5, 5.41) is 10.2. The first-order chi connectivity index (χ1) is 11.7. The van der Waals surface area contributed by atoms with Crippen LogP contribution in [-0.4, -0.2) is 64.2 Å². The van der Waals surface area contributed by atoms with Crippen LogP contribution < -0.4 is 0 Å². The van der Waals surface area contributed by atoms with Gasteiger partial charge < -0.3 is 14.3 Å². The second kappa shape index (κ2) is 14.2. The molecule has 0 aromatic heterocycles. The van der Waals surface area contributed by atoms with Crippen molar-refractivity contribution in [3.63, 3.8) is 0 Å². The van der Waals surface area contributed by atoms with E-state index in [0.717, 1.165) is 30.6 Å². The van der Waals surface area contributed by atoms with Gasteiger partial charge in [0, 0.05) is 14.7 Å². The van der Waals surface area contributed by atoms with Gasteiger partial charge in [-0.15, -0.1) is 0 Å². The minimum atomic E-state index is -0.950. The molecule has 0 fully saturated rings. The molecule has 0 aromatic rings. The Hall–Kier alpha value is 0.0969. The average Bonchev–Trinajstić information content (AvgIpc) is 2.48. The Labute approximate surface area is 159 Å². The van der Waals surface area contributed by atoms with E-state index in [2.05, 4.69) is 40.7 Å². The van der Waals surface area contributed by atoms with E-state index in [1.165, 1.54) is 57.4 Å². The predicted octanol–water partition coefficient (Wildman–Crippen LogP) is 5.31. The molecule has 152 valence electrons. The molecule has 4 heteroatoms. The van der Waals surface area contributed by atoms with E-state index in [-0.39, 0.29) is 6.10 Å². The number of nitrogens with zero attached hydrogens (tertiary/aromatic N) is 1. The number of rotatable bonds is 17. The summed E-state index contributed by atoms with van der Waals surface area (Å²) >= 11 is 0. The van der Waals surface area contributed by atoms with Gasteiger partial charge in [0.1, 0.15) is 12.6 Å². The van der Waals surface area contributed by atoms with Crippen molar-refractivity contribution in [2.24, 2.45) is 0 Å². The van der Waals surface area contributed by atoms with Gasteiger partial charge in [0.05, 0.1) is 27.2 Å². The molecule has 25 heavy (non-hydrogen) atoms. The monoisotopic (exact) mass is 374 g/mol. The van der Waals surface area contributed by atoms with E-state index < -0.39 is 8.07 Å². The molecule has 0 rings (SSSR count). The Morgan fingerprint density at radius 3 is 2.00 bits per heavy atom. The van der Waals surface area contributed by atoms with Crippen molar-refractivity contribution in [3.8, 4) is 0 Å². The molecule has 0 aliphatic carbocycles.